The molecule has 5 heteroatoms. The third-order valence-electron chi connectivity index (χ3n) is 3.92. The number of hydrogen-bond donors (Lipinski definition) is 3. The number of hydrazine groups is 1. The molecule has 0 atom stereocenters. The third kappa shape index (κ3) is 3.56. The SMILES string of the molecule is CC(C)c1c(NN)ncnc1NCCC1CCCC1. The van der Waals surface area contributed by atoms with E-state index in [4.69, 9.17) is 5.84 Å². The molecule has 1 aromatic rings. The van der Waals surface area contributed by atoms with E-state index >= 15 is 0 Å². The fourth-order valence-electron chi connectivity index (χ4n) is 2.89. The number of hydrogen-bond acceptors (Lipinski definition) is 5. The van der Waals surface area contributed by atoms with Crippen molar-refractivity contribution < 1.29 is 0 Å². The summed E-state index contributed by atoms with van der Waals surface area (Å²) in [6.45, 7) is 5.23. The highest BCUT2D eigenvalue weighted by Gasteiger charge is 2.16. The minimum absolute atomic E-state index is 0.334. The fraction of sp³-hybridized carbons (Fsp3) is 0.714. The van der Waals surface area contributed by atoms with Gasteiger partial charge in [0.05, 0.1) is 0 Å². The summed E-state index contributed by atoms with van der Waals surface area (Å²) < 4.78 is 0. The summed E-state index contributed by atoms with van der Waals surface area (Å²) in [5.41, 5.74) is 3.72. The maximum Gasteiger partial charge on any atom is 0.148 e. The highest BCUT2D eigenvalue weighted by molar-refractivity contribution is 5.58. The van der Waals surface area contributed by atoms with Crippen LogP contribution in [0.1, 0.15) is 57.4 Å². The van der Waals surface area contributed by atoms with Crippen LogP contribution in [0.25, 0.3) is 0 Å². The lowest BCUT2D eigenvalue weighted by molar-refractivity contribution is 0.518. The second-order valence-electron chi connectivity index (χ2n) is 5.65. The molecule has 0 aliphatic heterocycles. The van der Waals surface area contributed by atoms with Crippen molar-refractivity contribution in [2.45, 2.75) is 51.9 Å². The Morgan fingerprint density at radius 2 is 1.95 bits per heavy atom. The first-order chi connectivity index (χ1) is 9.22. The molecule has 0 aromatic carbocycles. The Bertz CT molecular complexity index is 399. The molecule has 0 radical (unpaired) electrons. The summed E-state index contributed by atoms with van der Waals surface area (Å²) >= 11 is 0. The second kappa shape index (κ2) is 6.70. The summed E-state index contributed by atoms with van der Waals surface area (Å²) in [4.78, 5) is 8.53. The molecule has 1 aromatic heterocycles. The van der Waals surface area contributed by atoms with Crippen molar-refractivity contribution in [3.05, 3.63) is 11.9 Å². The Kier molecular flexibility index (Phi) is 4.96. The van der Waals surface area contributed by atoms with Crippen LogP contribution >= 0.6 is 0 Å². The Labute approximate surface area is 115 Å². The predicted octanol–water partition coefficient (Wildman–Crippen LogP) is 2.88. The zero-order valence-electron chi connectivity index (χ0n) is 11.9. The fourth-order valence-corrected chi connectivity index (χ4v) is 2.89. The van der Waals surface area contributed by atoms with Crippen LogP contribution < -0.4 is 16.6 Å². The lowest BCUT2D eigenvalue weighted by Gasteiger charge is -2.17. The molecule has 1 saturated carbocycles. The summed E-state index contributed by atoms with van der Waals surface area (Å²) in [5, 5.41) is 3.45. The maximum absolute atomic E-state index is 5.52. The Morgan fingerprint density at radius 3 is 2.58 bits per heavy atom. The van der Waals surface area contributed by atoms with Crippen LogP contribution in [0.5, 0.6) is 0 Å². The predicted molar refractivity (Wildman–Crippen MR) is 79.0 cm³/mol. The second-order valence-corrected chi connectivity index (χ2v) is 5.65. The van der Waals surface area contributed by atoms with E-state index in [9.17, 15) is 0 Å². The molecule has 1 aliphatic carbocycles. The van der Waals surface area contributed by atoms with Crippen molar-refractivity contribution in [1.29, 1.82) is 0 Å². The highest BCUT2D eigenvalue weighted by Crippen LogP contribution is 2.29. The van der Waals surface area contributed by atoms with E-state index in [1.165, 1.54) is 32.1 Å². The van der Waals surface area contributed by atoms with Crippen molar-refractivity contribution >= 4 is 11.6 Å². The standard InChI is InChI=1S/C14H25N5/c1-10(2)12-13(17-9-18-14(12)19-15)16-8-7-11-5-3-4-6-11/h9-11H,3-8,15H2,1-2H3,(H2,16,17,18,19). The molecule has 1 heterocycles. The number of nitrogens with two attached hydrogens (primary N) is 1. The largest absolute Gasteiger partial charge is 0.370 e. The minimum atomic E-state index is 0.334. The maximum atomic E-state index is 5.52. The number of anilines is 2. The zero-order chi connectivity index (χ0) is 13.7. The van der Waals surface area contributed by atoms with Crippen molar-refractivity contribution in [3.63, 3.8) is 0 Å². The normalized spacial score (nSPS) is 16.0. The van der Waals surface area contributed by atoms with E-state index in [-0.39, 0.29) is 0 Å². The van der Waals surface area contributed by atoms with Gasteiger partial charge in [0.25, 0.3) is 0 Å². The average Bonchev–Trinajstić information content (AvgIpc) is 2.91. The third-order valence-corrected chi connectivity index (χ3v) is 3.92. The first kappa shape index (κ1) is 14.1. The van der Waals surface area contributed by atoms with E-state index < -0.39 is 0 Å². The molecule has 0 spiro atoms. The van der Waals surface area contributed by atoms with Gasteiger partial charge < -0.3 is 10.7 Å². The van der Waals surface area contributed by atoms with Crippen molar-refractivity contribution in [3.8, 4) is 0 Å². The first-order valence-electron chi connectivity index (χ1n) is 7.27. The van der Waals surface area contributed by atoms with Crippen LogP contribution in [0.4, 0.5) is 11.6 Å². The minimum Gasteiger partial charge on any atom is -0.370 e. The van der Waals surface area contributed by atoms with E-state index in [2.05, 4.69) is 34.6 Å². The van der Waals surface area contributed by atoms with Gasteiger partial charge in [-0.2, -0.15) is 0 Å². The smallest absolute Gasteiger partial charge is 0.148 e. The summed E-state index contributed by atoms with van der Waals surface area (Å²) in [6.07, 6.45) is 8.36. The molecule has 4 N–H and O–H groups in total. The number of nitrogen functional groups attached to an aromatic ring is 1. The molecular formula is C14H25N5. The molecule has 19 heavy (non-hydrogen) atoms. The van der Waals surface area contributed by atoms with Gasteiger partial charge in [0, 0.05) is 12.1 Å². The number of rotatable bonds is 6. The Balaban J connectivity index is 1.98. The van der Waals surface area contributed by atoms with E-state index in [1.54, 1.807) is 6.33 Å². The van der Waals surface area contributed by atoms with Crippen LogP contribution in [0.2, 0.25) is 0 Å². The van der Waals surface area contributed by atoms with E-state index in [0.29, 0.717) is 11.7 Å². The van der Waals surface area contributed by atoms with Crippen LogP contribution in [-0.4, -0.2) is 16.5 Å². The molecule has 1 aliphatic rings. The zero-order valence-corrected chi connectivity index (χ0v) is 11.9. The molecule has 106 valence electrons. The summed E-state index contributed by atoms with van der Waals surface area (Å²) in [7, 11) is 0. The van der Waals surface area contributed by atoms with Gasteiger partial charge in [-0.1, -0.05) is 39.5 Å². The molecule has 0 bridgehead atoms. The van der Waals surface area contributed by atoms with Crippen LogP contribution in [0.15, 0.2) is 6.33 Å². The van der Waals surface area contributed by atoms with Gasteiger partial charge in [0.2, 0.25) is 0 Å². The molecule has 2 rings (SSSR count). The average molecular weight is 263 g/mol. The van der Waals surface area contributed by atoms with Crippen LogP contribution in [0.3, 0.4) is 0 Å². The topological polar surface area (TPSA) is 75.9 Å². The number of aromatic nitrogens is 2. The van der Waals surface area contributed by atoms with Crippen molar-refractivity contribution in [2.24, 2.45) is 11.8 Å². The number of nitrogens with one attached hydrogen (secondary N) is 2. The molecular weight excluding hydrogens is 238 g/mol. The van der Waals surface area contributed by atoms with Gasteiger partial charge in [0.1, 0.15) is 18.0 Å². The molecule has 0 saturated heterocycles. The lowest BCUT2D eigenvalue weighted by atomic mass is 10.0. The quantitative estimate of drug-likeness (QED) is 0.543. The lowest BCUT2D eigenvalue weighted by Crippen LogP contribution is -2.16. The Morgan fingerprint density at radius 1 is 1.26 bits per heavy atom. The van der Waals surface area contributed by atoms with Gasteiger partial charge in [-0.3, -0.25) is 0 Å². The van der Waals surface area contributed by atoms with E-state index in [0.717, 1.165) is 23.8 Å². The van der Waals surface area contributed by atoms with Crippen molar-refractivity contribution in [2.75, 3.05) is 17.3 Å². The molecule has 5 nitrogen and oxygen atoms in total. The summed E-state index contributed by atoms with van der Waals surface area (Å²) in [5.74, 6) is 8.37. The Hall–Kier alpha value is -1.36. The van der Waals surface area contributed by atoms with Gasteiger partial charge in [-0.05, 0) is 18.3 Å². The molecule has 0 unspecified atom stereocenters. The van der Waals surface area contributed by atoms with Crippen LogP contribution in [-0.2, 0) is 0 Å². The van der Waals surface area contributed by atoms with Gasteiger partial charge in [-0.25, -0.2) is 15.8 Å². The van der Waals surface area contributed by atoms with Gasteiger partial charge in [-0.15, -0.1) is 0 Å². The number of nitrogens with zero attached hydrogens (tertiary/aromatic N) is 2. The molecule has 1 fully saturated rings. The van der Waals surface area contributed by atoms with Crippen LogP contribution in [0, 0.1) is 5.92 Å². The van der Waals surface area contributed by atoms with Gasteiger partial charge >= 0.3 is 0 Å². The van der Waals surface area contributed by atoms with Crippen molar-refractivity contribution in [1.82, 2.24) is 9.97 Å². The first-order valence-corrected chi connectivity index (χ1v) is 7.27. The molecule has 0 amide bonds. The highest BCUT2D eigenvalue weighted by atomic mass is 15.3. The van der Waals surface area contributed by atoms with Gasteiger partial charge in [0.15, 0.2) is 0 Å². The van der Waals surface area contributed by atoms with E-state index in [1.807, 2.05) is 0 Å². The summed E-state index contributed by atoms with van der Waals surface area (Å²) in [6, 6.07) is 0. The monoisotopic (exact) mass is 263 g/mol.